The largest absolute Gasteiger partial charge is 0.479 e. The van der Waals surface area contributed by atoms with Crippen LogP contribution in [-0.4, -0.2) is 39.9 Å². The number of aliphatic carboxylic acids is 1. The molecule has 6 heteroatoms. The molecular weight excluding hydrogens is 238 g/mol. The van der Waals surface area contributed by atoms with Gasteiger partial charge < -0.3 is 21.1 Å². The highest BCUT2D eigenvalue weighted by Crippen LogP contribution is 2.13. The predicted molar refractivity (Wildman–Crippen MR) is 64.8 cm³/mol. The van der Waals surface area contributed by atoms with E-state index < -0.39 is 23.9 Å². The van der Waals surface area contributed by atoms with Gasteiger partial charge >= 0.3 is 5.97 Å². The zero-order valence-electron chi connectivity index (χ0n) is 9.98. The number of carboxylic acids is 1. The van der Waals surface area contributed by atoms with Gasteiger partial charge in [0.1, 0.15) is 6.10 Å². The highest BCUT2D eigenvalue weighted by atomic mass is 16.4. The molecule has 0 spiro atoms. The monoisotopic (exact) mass is 255 g/mol. The molecule has 1 aromatic carbocycles. The minimum atomic E-state index is -1.23. The Balaban J connectivity index is 0.000000411. The maximum absolute atomic E-state index is 10.8. The summed E-state index contributed by atoms with van der Waals surface area (Å²) in [5.41, 5.74) is 5.84. The number of primary amides is 1. The number of amides is 1. The lowest BCUT2D eigenvalue weighted by molar-refractivity contribution is -0.145. The second-order valence-corrected chi connectivity index (χ2v) is 3.56. The van der Waals surface area contributed by atoms with Gasteiger partial charge in [-0.3, -0.25) is 4.79 Å². The van der Waals surface area contributed by atoms with Gasteiger partial charge in [0.25, 0.3) is 0 Å². The minimum Gasteiger partial charge on any atom is -0.479 e. The second-order valence-electron chi connectivity index (χ2n) is 3.56. The smallest absolute Gasteiger partial charge is 0.332 e. The number of rotatable bonds is 4. The van der Waals surface area contributed by atoms with Crippen molar-refractivity contribution in [3.05, 3.63) is 35.9 Å². The van der Waals surface area contributed by atoms with Crippen molar-refractivity contribution in [3.63, 3.8) is 0 Å². The van der Waals surface area contributed by atoms with E-state index in [4.69, 9.17) is 21.1 Å². The van der Waals surface area contributed by atoms with Gasteiger partial charge in [-0.05, 0) is 12.5 Å². The summed E-state index contributed by atoms with van der Waals surface area (Å²) in [6.07, 6.45) is -1.23. The van der Waals surface area contributed by atoms with Crippen molar-refractivity contribution in [3.8, 4) is 0 Å². The average molecular weight is 255 g/mol. The Bertz CT molecular complexity index is 377. The Morgan fingerprint density at radius 2 is 1.72 bits per heavy atom. The molecule has 6 nitrogen and oxygen atoms in total. The molecular formula is C12H17NO5. The molecule has 0 heterocycles. The molecule has 0 saturated heterocycles. The molecule has 0 saturated carbocycles. The zero-order valence-corrected chi connectivity index (χ0v) is 9.98. The van der Waals surface area contributed by atoms with Gasteiger partial charge in [-0.25, -0.2) is 4.79 Å². The molecule has 0 aliphatic heterocycles. The molecule has 0 bridgehead atoms. The Labute approximate surface area is 105 Å². The maximum atomic E-state index is 10.8. The van der Waals surface area contributed by atoms with E-state index in [9.17, 15) is 9.59 Å². The van der Waals surface area contributed by atoms with Crippen LogP contribution >= 0.6 is 0 Å². The molecule has 18 heavy (non-hydrogen) atoms. The fraction of sp³-hybridized carbons (Fsp3) is 0.333. The molecule has 2 unspecified atom stereocenters. The number of benzene rings is 1. The van der Waals surface area contributed by atoms with Crippen molar-refractivity contribution in [1.82, 2.24) is 0 Å². The number of hydrogen-bond donors (Lipinski definition) is 4. The Kier molecular flexibility index (Phi) is 7.34. The summed E-state index contributed by atoms with van der Waals surface area (Å²) in [6, 6.07) is 9.00. The molecule has 0 aromatic heterocycles. The highest BCUT2D eigenvalue weighted by Gasteiger charge is 2.15. The molecule has 1 rings (SSSR count). The lowest BCUT2D eigenvalue weighted by Gasteiger charge is -2.09. The third kappa shape index (κ3) is 5.97. The number of aliphatic hydroxyl groups is 2. The lowest BCUT2D eigenvalue weighted by Crippen LogP contribution is -2.24. The Hall–Kier alpha value is -1.92. The van der Waals surface area contributed by atoms with E-state index in [0.717, 1.165) is 5.56 Å². The van der Waals surface area contributed by atoms with Crippen LogP contribution in [0.2, 0.25) is 0 Å². The van der Waals surface area contributed by atoms with Crippen LogP contribution in [0.5, 0.6) is 0 Å². The Morgan fingerprint density at radius 3 is 2.00 bits per heavy atom. The zero-order chi connectivity index (χ0) is 14.1. The first-order chi connectivity index (χ1) is 8.40. The number of carbonyl (C=O) groups is 2. The van der Waals surface area contributed by atoms with Crippen molar-refractivity contribution in [2.45, 2.75) is 18.9 Å². The van der Waals surface area contributed by atoms with Crippen molar-refractivity contribution in [2.24, 2.45) is 5.73 Å². The summed E-state index contributed by atoms with van der Waals surface area (Å²) in [4.78, 5) is 20.2. The molecule has 1 amide bonds. The summed E-state index contributed by atoms with van der Waals surface area (Å²) in [7, 11) is 0. The second kappa shape index (κ2) is 8.21. The number of aliphatic hydroxyl groups excluding tert-OH is 2. The van der Waals surface area contributed by atoms with Gasteiger partial charge in [0.2, 0.25) is 5.91 Å². The van der Waals surface area contributed by atoms with Crippen LogP contribution in [0.4, 0.5) is 0 Å². The SMILES string of the molecule is CC(O)C(=O)O.NC(=O)C(CO)c1ccccc1. The van der Waals surface area contributed by atoms with Crippen LogP contribution in [0.25, 0.3) is 0 Å². The van der Waals surface area contributed by atoms with Gasteiger partial charge in [-0.1, -0.05) is 30.3 Å². The molecule has 0 radical (unpaired) electrons. The van der Waals surface area contributed by atoms with E-state index in [0.29, 0.717) is 0 Å². The fourth-order valence-electron chi connectivity index (χ4n) is 1.04. The van der Waals surface area contributed by atoms with Crippen molar-refractivity contribution in [2.75, 3.05) is 6.61 Å². The van der Waals surface area contributed by atoms with Crippen LogP contribution in [0.1, 0.15) is 18.4 Å². The molecule has 0 aliphatic rings. The standard InChI is InChI=1S/C9H11NO2.C3H6O3/c10-9(12)8(6-11)7-4-2-1-3-5-7;1-2(4)3(5)6/h1-5,8,11H,6H2,(H2,10,12);2,4H,1H3,(H,5,6). The van der Waals surface area contributed by atoms with Crippen LogP contribution in [-0.2, 0) is 9.59 Å². The van der Waals surface area contributed by atoms with E-state index >= 15 is 0 Å². The van der Waals surface area contributed by atoms with Crippen LogP contribution in [0.15, 0.2) is 30.3 Å². The normalized spacial score (nSPS) is 12.8. The summed E-state index contributed by atoms with van der Waals surface area (Å²) < 4.78 is 0. The summed E-state index contributed by atoms with van der Waals surface area (Å²) in [6.45, 7) is 0.960. The first-order valence-corrected chi connectivity index (χ1v) is 5.26. The maximum Gasteiger partial charge on any atom is 0.332 e. The molecule has 5 N–H and O–H groups in total. The van der Waals surface area contributed by atoms with Gasteiger partial charge in [0, 0.05) is 0 Å². The van der Waals surface area contributed by atoms with E-state index in [2.05, 4.69) is 0 Å². The first-order valence-electron chi connectivity index (χ1n) is 5.26. The third-order valence-corrected chi connectivity index (χ3v) is 2.09. The van der Waals surface area contributed by atoms with Crippen LogP contribution in [0, 0.1) is 0 Å². The molecule has 2 atom stereocenters. The summed E-state index contributed by atoms with van der Waals surface area (Å²) in [5.74, 6) is -2.26. The molecule has 0 aliphatic carbocycles. The minimum absolute atomic E-state index is 0.237. The fourth-order valence-corrected chi connectivity index (χ4v) is 1.04. The first kappa shape index (κ1) is 16.1. The lowest BCUT2D eigenvalue weighted by atomic mass is 10.00. The topological polar surface area (TPSA) is 121 Å². The average Bonchev–Trinajstić information content (AvgIpc) is 2.31. The number of carboxylic acid groups (broad SMARTS) is 1. The van der Waals surface area contributed by atoms with E-state index in [-0.39, 0.29) is 6.61 Å². The number of carbonyl (C=O) groups excluding carboxylic acids is 1. The summed E-state index contributed by atoms with van der Waals surface area (Å²) in [5, 5.41) is 24.6. The van der Waals surface area contributed by atoms with Gasteiger partial charge in [-0.2, -0.15) is 0 Å². The summed E-state index contributed by atoms with van der Waals surface area (Å²) >= 11 is 0. The number of nitrogens with two attached hydrogens (primary N) is 1. The molecule has 1 aromatic rings. The quantitative estimate of drug-likeness (QED) is 0.588. The van der Waals surface area contributed by atoms with Gasteiger partial charge in [0.15, 0.2) is 0 Å². The number of hydrogen-bond acceptors (Lipinski definition) is 4. The van der Waals surface area contributed by atoms with Crippen LogP contribution < -0.4 is 5.73 Å². The Morgan fingerprint density at radius 1 is 1.28 bits per heavy atom. The van der Waals surface area contributed by atoms with Crippen molar-refractivity contribution in [1.29, 1.82) is 0 Å². The van der Waals surface area contributed by atoms with Gasteiger partial charge in [-0.15, -0.1) is 0 Å². The molecule has 0 fully saturated rings. The molecule has 100 valence electrons. The van der Waals surface area contributed by atoms with Crippen molar-refractivity contribution >= 4 is 11.9 Å². The van der Waals surface area contributed by atoms with E-state index in [1.54, 1.807) is 24.3 Å². The predicted octanol–water partition coefficient (Wildman–Crippen LogP) is -0.300. The highest BCUT2D eigenvalue weighted by molar-refractivity contribution is 5.82. The van der Waals surface area contributed by atoms with Gasteiger partial charge in [0.05, 0.1) is 12.5 Å². The van der Waals surface area contributed by atoms with Crippen LogP contribution in [0.3, 0.4) is 0 Å². The third-order valence-electron chi connectivity index (χ3n) is 2.09. The van der Waals surface area contributed by atoms with E-state index in [1.165, 1.54) is 6.92 Å². The van der Waals surface area contributed by atoms with E-state index in [1.807, 2.05) is 6.07 Å². The van der Waals surface area contributed by atoms with Crippen molar-refractivity contribution < 1.29 is 24.9 Å².